The predicted molar refractivity (Wildman–Crippen MR) is 65.7 cm³/mol. The number of carbonyl (C=O) groups is 2. The molecule has 0 aliphatic heterocycles. The average Bonchev–Trinajstić information content (AvgIpc) is 2.80. The van der Waals surface area contributed by atoms with Gasteiger partial charge in [0.05, 0.1) is 0 Å². The summed E-state index contributed by atoms with van der Waals surface area (Å²) in [7, 11) is 0. The minimum absolute atomic E-state index is 0.132. The van der Waals surface area contributed by atoms with E-state index in [9.17, 15) is 9.59 Å². The zero-order valence-electron chi connectivity index (χ0n) is 9.39. The van der Waals surface area contributed by atoms with Crippen LogP contribution in [-0.4, -0.2) is 23.5 Å². The molecule has 0 radical (unpaired) electrons. The highest BCUT2D eigenvalue weighted by molar-refractivity contribution is 7.10. The van der Waals surface area contributed by atoms with E-state index in [0.29, 0.717) is 19.4 Å². The van der Waals surface area contributed by atoms with E-state index < -0.39 is 12.0 Å². The fourth-order valence-corrected chi connectivity index (χ4v) is 2.05. The van der Waals surface area contributed by atoms with E-state index in [2.05, 4.69) is 5.32 Å². The number of hydrogen-bond donors (Lipinski definition) is 3. The quantitative estimate of drug-likeness (QED) is 0.637. The third-order valence-electron chi connectivity index (χ3n) is 2.25. The van der Waals surface area contributed by atoms with Gasteiger partial charge < -0.3 is 16.2 Å². The van der Waals surface area contributed by atoms with Crippen LogP contribution in [-0.2, 0) is 9.59 Å². The smallest absolute Gasteiger partial charge is 0.303 e. The fraction of sp³-hybridized carbons (Fsp3) is 0.455. The van der Waals surface area contributed by atoms with Crippen molar-refractivity contribution in [1.82, 2.24) is 5.32 Å². The van der Waals surface area contributed by atoms with Gasteiger partial charge in [0.15, 0.2) is 0 Å². The van der Waals surface area contributed by atoms with Crippen LogP contribution in [0.4, 0.5) is 0 Å². The summed E-state index contributed by atoms with van der Waals surface area (Å²) in [5.41, 5.74) is 5.75. The maximum atomic E-state index is 11.6. The van der Waals surface area contributed by atoms with E-state index >= 15 is 0 Å². The highest BCUT2D eigenvalue weighted by Gasteiger charge is 2.15. The van der Waals surface area contributed by atoms with Crippen LogP contribution in [0.1, 0.15) is 30.2 Å². The highest BCUT2D eigenvalue weighted by Crippen LogP contribution is 2.16. The molecule has 1 unspecified atom stereocenters. The van der Waals surface area contributed by atoms with Gasteiger partial charge in [-0.05, 0) is 24.3 Å². The number of carboxylic acids is 1. The number of nitrogens with two attached hydrogens (primary N) is 1. The Morgan fingerprint density at radius 1 is 1.47 bits per heavy atom. The number of rotatable bonds is 7. The van der Waals surface area contributed by atoms with Gasteiger partial charge >= 0.3 is 5.97 Å². The molecule has 0 aliphatic rings. The van der Waals surface area contributed by atoms with Crippen molar-refractivity contribution >= 4 is 23.2 Å². The van der Waals surface area contributed by atoms with Gasteiger partial charge in [-0.2, -0.15) is 0 Å². The molecule has 0 fully saturated rings. The summed E-state index contributed by atoms with van der Waals surface area (Å²) in [4.78, 5) is 22.7. The van der Waals surface area contributed by atoms with Crippen LogP contribution in [0.2, 0.25) is 0 Å². The third kappa shape index (κ3) is 4.97. The highest BCUT2D eigenvalue weighted by atomic mass is 32.1. The summed E-state index contributed by atoms with van der Waals surface area (Å²) in [6.07, 6.45) is 1.34. The van der Waals surface area contributed by atoms with Crippen molar-refractivity contribution in [3.05, 3.63) is 22.4 Å². The number of carbonyl (C=O) groups excluding carboxylic acids is 1. The topological polar surface area (TPSA) is 92.4 Å². The summed E-state index contributed by atoms with van der Waals surface area (Å²) < 4.78 is 0. The molecule has 17 heavy (non-hydrogen) atoms. The minimum Gasteiger partial charge on any atom is -0.481 e. The predicted octanol–water partition coefficient (Wildman–Crippen LogP) is 1.12. The molecule has 4 N–H and O–H groups in total. The molecule has 94 valence electrons. The van der Waals surface area contributed by atoms with E-state index in [1.54, 1.807) is 0 Å². The largest absolute Gasteiger partial charge is 0.481 e. The van der Waals surface area contributed by atoms with Gasteiger partial charge in [-0.15, -0.1) is 11.3 Å². The molecule has 1 aromatic heterocycles. The van der Waals surface area contributed by atoms with Crippen LogP contribution < -0.4 is 11.1 Å². The van der Waals surface area contributed by atoms with Crippen LogP contribution in [0.15, 0.2) is 17.5 Å². The second kappa shape index (κ2) is 7.03. The maximum absolute atomic E-state index is 11.6. The van der Waals surface area contributed by atoms with Gasteiger partial charge in [-0.25, -0.2) is 0 Å². The van der Waals surface area contributed by atoms with Crippen LogP contribution >= 0.6 is 11.3 Å². The second-order valence-corrected chi connectivity index (χ2v) is 4.61. The lowest BCUT2D eigenvalue weighted by Crippen LogP contribution is -2.34. The Balaban J connectivity index is 2.19. The zero-order chi connectivity index (χ0) is 12.7. The van der Waals surface area contributed by atoms with Crippen molar-refractivity contribution in [3.63, 3.8) is 0 Å². The first-order valence-electron chi connectivity index (χ1n) is 5.39. The Bertz CT molecular complexity index is 365. The van der Waals surface area contributed by atoms with Gasteiger partial charge in [0, 0.05) is 17.8 Å². The summed E-state index contributed by atoms with van der Waals surface area (Å²) >= 11 is 1.44. The fourth-order valence-electron chi connectivity index (χ4n) is 1.32. The molecule has 0 saturated heterocycles. The first kappa shape index (κ1) is 13.7. The van der Waals surface area contributed by atoms with Crippen LogP contribution in [0, 0.1) is 0 Å². The maximum Gasteiger partial charge on any atom is 0.303 e. The standard InChI is InChI=1S/C11H16N2O3S/c12-10(8-4-3-7-17-8)11(16)13-6-2-1-5-9(14)15/h3-4,7,10H,1-2,5-6,12H2,(H,13,16)(H,14,15). The Morgan fingerprint density at radius 3 is 2.82 bits per heavy atom. The Morgan fingerprint density at radius 2 is 2.24 bits per heavy atom. The molecule has 1 amide bonds. The van der Waals surface area contributed by atoms with Gasteiger partial charge in [0.2, 0.25) is 5.91 Å². The number of unbranched alkanes of at least 4 members (excludes halogenated alkanes) is 1. The Kier molecular flexibility index (Phi) is 5.65. The van der Waals surface area contributed by atoms with Crippen molar-refractivity contribution in [1.29, 1.82) is 0 Å². The molecule has 1 heterocycles. The zero-order valence-corrected chi connectivity index (χ0v) is 10.2. The molecule has 0 saturated carbocycles. The number of hydrogen-bond acceptors (Lipinski definition) is 4. The molecular weight excluding hydrogens is 240 g/mol. The van der Waals surface area contributed by atoms with Crippen molar-refractivity contribution in [2.24, 2.45) is 5.73 Å². The number of carboxylic acid groups (broad SMARTS) is 1. The molecule has 1 aromatic rings. The molecular formula is C11H16N2O3S. The van der Waals surface area contributed by atoms with E-state index in [-0.39, 0.29) is 12.3 Å². The normalized spacial score (nSPS) is 12.1. The number of amides is 1. The number of thiophene rings is 1. The first-order chi connectivity index (χ1) is 8.11. The van der Waals surface area contributed by atoms with Gasteiger partial charge in [0.1, 0.15) is 6.04 Å². The first-order valence-corrected chi connectivity index (χ1v) is 6.27. The summed E-state index contributed by atoms with van der Waals surface area (Å²) in [6.45, 7) is 0.463. The second-order valence-electron chi connectivity index (χ2n) is 3.63. The number of aliphatic carboxylic acids is 1. The molecule has 1 rings (SSSR count). The van der Waals surface area contributed by atoms with Crippen molar-refractivity contribution in [3.8, 4) is 0 Å². The molecule has 0 aromatic carbocycles. The SMILES string of the molecule is NC(C(=O)NCCCCC(=O)O)c1cccs1. The summed E-state index contributed by atoms with van der Waals surface area (Å²) in [6, 6.07) is 3.04. The van der Waals surface area contributed by atoms with Crippen LogP contribution in [0.3, 0.4) is 0 Å². The molecule has 6 heteroatoms. The molecule has 5 nitrogen and oxygen atoms in total. The van der Waals surface area contributed by atoms with Gasteiger partial charge in [-0.3, -0.25) is 9.59 Å². The van der Waals surface area contributed by atoms with Gasteiger partial charge in [0.25, 0.3) is 0 Å². The van der Waals surface area contributed by atoms with Crippen molar-refractivity contribution in [2.45, 2.75) is 25.3 Å². The van der Waals surface area contributed by atoms with Crippen molar-refractivity contribution in [2.75, 3.05) is 6.54 Å². The Hall–Kier alpha value is -1.40. The molecule has 1 atom stereocenters. The van der Waals surface area contributed by atoms with E-state index in [4.69, 9.17) is 10.8 Å². The monoisotopic (exact) mass is 256 g/mol. The summed E-state index contributed by atoms with van der Waals surface area (Å²) in [5, 5.41) is 13.0. The molecule has 0 bridgehead atoms. The lowest BCUT2D eigenvalue weighted by atomic mass is 10.2. The van der Waals surface area contributed by atoms with E-state index in [0.717, 1.165) is 4.88 Å². The lowest BCUT2D eigenvalue weighted by molar-refractivity contribution is -0.137. The molecule has 0 aliphatic carbocycles. The average molecular weight is 256 g/mol. The lowest BCUT2D eigenvalue weighted by Gasteiger charge is -2.10. The van der Waals surface area contributed by atoms with E-state index in [1.165, 1.54) is 11.3 Å². The summed E-state index contributed by atoms with van der Waals surface area (Å²) in [5.74, 6) is -1.03. The van der Waals surface area contributed by atoms with Crippen molar-refractivity contribution < 1.29 is 14.7 Å². The minimum atomic E-state index is -0.813. The van der Waals surface area contributed by atoms with E-state index in [1.807, 2.05) is 17.5 Å². The van der Waals surface area contributed by atoms with Crippen LogP contribution in [0.5, 0.6) is 0 Å². The van der Waals surface area contributed by atoms with Crippen LogP contribution in [0.25, 0.3) is 0 Å². The third-order valence-corrected chi connectivity index (χ3v) is 3.20. The van der Waals surface area contributed by atoms with Gasteiger partial charge in [-0.1, -0.05) is 6.07 Å². The molecule has 0 spiro atoms. The number of nitrogens with one attached hydrogen (secondary N) is 1. The Labute approximate surface area is 104 Å².